The summed E-state index contributed by atoms with van der Waals surface area (Å²) in [6.45, 7) is 3.58. The van der Waals surface area contributed by atoms with E-state index >= 15 is 0 Å². The summed E-state index contributed by atoms with van der Waals surface area (Å²) in [6.07, 6.45) is 0. The number of fused-ring (bicyclic) bond motifs is 1. The summed E-state index contributed by atoms with van der Waals surface area (Å²) in [4.78, 5) is 16.1. The van der Waals surface area contributed by atoms with E-state index in [1.165, 1.54) is 0 Å². The molecule has 0 unspecified atom stereocenters. The lowest BCUT2D eigenvalue weighted by Gasteiger charge is -2.05. The van der Waals surface area contributed by atoms with Gasteiger partial charge in [0, 0.05) is 25.8 Å². The van der Waals surface area contributed by atoms with Gasteiger partial charge in [-0.2, -0.15) is 0 Å². The zero-order valence-corrected chi connectivity index (χ0v) is 11.7. The first kappa shape index (κ1) is 13.8. The fourth-order valence-electron chi connectivity index (χ4n) is 1.78. The number of amides is 1. The fourth-order valence-corrected chi connectivity index (χ4v) is 1.97. The average Bonchev–Trinajstić information content (AvgIpc) is 2.70. The summed E-state index contributed by atoms with van der Waals surface area (Å²) < 4.78 is 6.91. The van der Waals surface area contributed by atoms with Crippen molar-refractivity contribution in [3.05, 3.63) is 29.0 Å². The van der Waals surface area contributed by atoms with E-state index in [1.807, 2.05) is 14.0 Å². The minimum atomic E-state index is -0.126. The number of rotatable bonds is 5. The van der Waals surface area contributed by atoms with Crippen molar-refractivity contribution in [2.24, 2.45) is 7.05 Å². The largest absolute Gasteiger partial charge is 0.380 e. The Morgan fingerprint density at radius 1 is 1.53 bits per heavy atom. The van der Waals surface area contributed by atoms with Crippen LogP contribution in [0.25, 0.3) is 11.0 Å². The molecular weight excluding hydrogens is 266 g/mol. The van der Waals surface area contributed by atoms with Crippen molar-refractivity contribution in [1.82, 2.24) is 14.9 Å². The van der Waals surface area contributed by atoms with Gasteiger partial charge in [0.05, 0.1) is 17.6 Å². The second kappa shape index (κ2) is 6.04. The molecule has 102 valence electrons. The maximum absolute atomic E-state index is 11.9. The SMILES string of the molecule is CCOCCNC(=O)c1ccc2nc(Cl)n(C)c2c1. The average molecular weight is 282 g/mol. The number of aryl methyl sites for hydroxylation is 1. The third kappa shape index (κ3) is 3.05. The van der Waals surface area contributed by atoms with Crippen LogP contribution in [0.3, 0.4) is 0 Å². The number of carbonyl (C=O) groups excluding carboxylic acids is 1. The third-order valence-electron chi connectivity index (χ3n) is 2.82. The van der Waals surface area contributed by atoms with Crippen molar-refractivity contribution in [3.63, 3.8) is 0 Å². The number of aromatic nitrogens is 2. The van der Waals surface area contributed by atoms with Gasteiger partial charge < -0.3 is 14.6 Å². The molecule has 1 N–H and O–H groups in total. The fraction of sp³-hybridized carbons (Fsp3) is 0.385. The van der Waals surface area contributed by atoms with Gasteiger partial charge in [0.25, 0.3) is 5.91 Å². The lowest BCUT2D eigenvalue weighted by Crippen LogP contribution is -2.27. The van der Waals surface area contributed by atoms with Gasteiger partial charge in [0.1, 0.15) is 0 Å². The highest BCUT2D eigenvalue weighted by Gasteiger charge is 2.10. The van der Waals surface area contributed by atoms with Crippen molar-refractivity contribution >= 4 is 28.5 Å². The molecule has 5 nitrogen and oxygen atoms in total. The molecule has 1 aromatic heterocycles. The Kier molecular flexibility index (Phi) is 4.39. The van der Waals surface area contributed by atoms with Crippen LogP contribution in [0, 0.1) is 0 Å². The number of nitrogens with zero attached hydrogens (tertiary/aromatic N) is 2. The van der Waals surface area contributed by atoms with Gasteiger partial charge >= 0.3 is 0 Å². The number of benzene rings is 1. The molecule has 1 amide bonds. The summed E-state index contributed by atoms with van der Waals surface area (Å²) >= 11 is 5.94. The zero-order chi connectivity index (χ0) is 13.8. The maximum Gasteiger partial charge on any atom is 0.251 e. The molecule has 0 fully saturated rings. The molecule has 6 heteroatoms. The van der Waals surface area contributed by atoms with E-state index in [0.29, 0.717) is 30.6 Å². The Morgan fingerprint density at radius 3 is 3.05 bits per heavy atom. The summed E-state index contributed by atoms with van der Waals surface area (Å²) in [5, 5.41) is 3.20. The van der Waals surface area contributed by atoms with Gasteiger partial charge in [-0.25, -0.2) is 4.98 Å². The van der Waals surface area contributed by atoms with Crippen molar-refractivity contribution in [2.45, 2.75) is 6.92 Å². The van der Waals surface area contributed by atoms with Crippen LogP contribution in [0.2, 0.25) is 5.28 Å². The second-order valence-electron chi connectivity index (χ2n) is 4.10. The van der Waals surface area contributed by atoms with Crippen LogP contribution in [-0.2, 0) is 11.8 Å². The summed E-state index contributed by atoms with van der Waals surface area (Å²) in [6, 6.07) is 5.31. The maximum atomic E-state index is 11.9. The molecule has 0 bridgehead atoms. The number of nitrogens with one attached hydrogen (secondary N) is 1. The molecule has 0 saturated heterocycles. The summed E-state index contributed by atoms with van der Waals surface area (Å²) in [7, 11) is 1.81. The van der Waals surface area contributed by atoms with Gasteiger partial charge in [-0.3, -0.25) is 4.79 Å². The molecule has 0 aliphatic carbocycles. The molecule has 2 aromatic rings. The Labute approximate surface area is 116 Å². The van der Waals surface area contributed by atoms with Crippen LogP contribution >= 0.6 is 11.6 Å². The Balaban J connectivity index is 2.12. The molecule has 1 heterocycles. The van der Waals surface area contributed by atoms with Crippen molar-refractivity contribution in [1.29, 1.82) is 0 Å². The number of hydrogen-bond acceptors (Lipinski definition) is 3. The molecule has 0 atom stereocenters. The van der Waals surface area contributed by atoms with E-state index in [9.17, 15) is 4.79 Å². The van der Waals surface area contributed by atoms with Gasteiger partial charge in [0.15, 0.2) is 0 Å². The van der Waals surface area contributed by atoms with Crippen LogP contribution in [0.15, 0.2) is 18.2 Å². The minimum Gasteiger partial charge on any atom is -0.380 e. The highest BCUT2D eigenvalue weighted by Crippen LogP contribution is 2.19. The molecular formula is C13H16ClN3O2. The van der Waals surface area contributed by atoms with Crippen LogP contribution in [0.1, 0.15) is 17.3 Å². The molecule has 0 aliphatic heterocycles. The van der Waals surface area contributed by atoms with Crippen LogP contribution in [-0.4, -0.2) is 35.2 Å². The van der Waals surface area contributed by atoms with E-state index in [0.717, 1.165) is 11.0 Å². The molecule has 19 heavy (non-hydrogen) atoms. The third-order valence-corrected chi connectivity index (χ3v) is 3.16. The zero-order valence-electron chi connectivity index (χ0n) is 10.9. The van der Waals surface area contributed by atoms with Crippen LogP contribution < -0.4 is 5.32 Å². The van der Waals surface area contributed by atoms with Gasteiger partial charge in [-0.05, 0) is 36.7 Å². The lowest BCUT2D eigenvalue weighted by atomic mass is 10.2. The van der Waals surface area contributed by atoms with E-state index in [-0.39, 0.29) is 5.91 Å². The molecule has 0 saturated carbocycles. The standard InChI is InChI=1S/C13H16ClN3O2/c1-3-19-7-6-15-12(18)9-4-5-10-11(8-9)17(2)13(14)16-10/h4-5,8H,3,6-7H2,1-2H3,(H,15,18). The predicted octanol–water partition coefficient (Wildman–Crippen LogP) is 1.99. The van der Waals surface area contributed by atoms with E-state index in [2.05, 4.69) is 10.3 Å². The predicted molar refractivity (Wildman–Crippen MR) is 74.6 cm³/mol. The first-order valence-electron chi connectivity index (χ1n) is 6.11. The molecule has 1 aromatic carbocycles. The van der Waals surface area contributed by atoms with Gasteiger partial charge in [-0.1, -0.05) is 0 Å². The number of ether oxygens (including phenoxy) is 1. The highest BCUT2D eigenvalue weighted by molar-refractivity contribution is 6.29. The quantitative estimate of drug-likeness (QED) is 0.853. The Morgan fingerprint density at radius 2 is 2.32 bits per heavy atom. The monoisotopic (exact) mass is 281 g/mol. The number of carbonyl (C=O) groups is 1. The summed E-state index contributed by atoms with van der Waals surface area (Å²) in [5.74, 6) is -0.126. The number of hydrogen-bond donors (Lipinski definition) is 1. The van der Waals surface area contributed by atoms with E-state index in [4.69, 9.17) is 16.3 Å². The molecule has 0 radical (unpaired) electrons. The molecule has 2 rings (SSSR count). The van der Waals surface area contributed by atoms with Gasteiger partial charge in [0.2, 0.25) is 5.28 Å². The Hall–Kier alpha value is -1.59. The number of imidazole rings is 1. The normalized spacial score (nSPS) is 10.9. The summed E-state index contributed by atoms with van der Waals surface area (Å²) in [5.41, 5.74) is 2.20. The van der Waals surface area contributed by atoms with Crippen molar-refractivity contribution in [2.75, 3.05) is 19.8 Å². The van der Waals surface area contributed by atoms with Crippen LogP contribution in [0.4, 0.5) is 0 Å². The van der Waals surface area contributed by atoms with Gasteiger partial charge in [-0.15, -0.1) is 0 Å². The topological polar surface area (TPSA) is 56.1 Å². The van der Waals surface area contributed by atoms with Crippen molar-refractivity contribution < 1.29 is 9.53 Å². The molecule has 0 aliphatic rings. The molecule has 0 spiro atoms. The van der Waals surface area contributed by atoms with Crippen LogP contribution in [0.5, 0.6) is 0 Å². The lowest BCUT2D eigenvalue weighted by molar-refractivity contribution is 0.0922. The van der Waals surface area contributed by atoms with Crippen molar-refractivity contribution in [3.8, 4) is 0 Å². The first-order valence-corrected chi connectivity index (χ1v) is 6.49. The minimum absolute atomic E-state index is 0.126. The van der Waals surface area contributed by atoms with E-state index < -0.39 is 0 Å². The van der Waals surface area contributed by atoms with E-state index in [1.54, 1.807) is 22.8 Å². The smallest absolute Gasteiger partial charge is 0.251 e. The Bertz CT molecular complexity index is 595. The first-order chi connectivity index (χ1) is 9.13. The number of halogens is 1. The highest BCUT2D eigenvalue weighted by atomic mass is 35.5. The second-order valence-corrected chi connectivity index (χ2v) is 4.43.